The number of esters is 1. The molecular formula is C14H24O6. The third-order valence-electron chi connectivity index (χ3n) is 1.98. The van der Waals surface area contributed by atoms with Crippen LogP contribution in [0.15, 0.2) is 12.2 Å². The highest BCUT2D eigenvalue weighted by molar-refractivity contribution is 5.90. The van der Waals surface area contributed by atoms with Crippen LogP contribution in [0.1, 0.15) is 48.0 Å². The van der Waals surface area contributed by atoms with Gasteiger partial charge in [-0.05, 0) is 41.5 Å². The second-order valence-corrected chi connectivity index (χ2v) is 6.16. The van der Waals surface area contributed by atoms with Gasteiger partial charge in [0.25, 0.3) is 0 Å². The average Bonchev–Trinajstić information content (AvgIpc) is 2.22. The van der Waals surface area contributed by atoms with E-state index in [0.717, 1.165) is 12.2 Å². The number of carboxylic acid groups (broad SMARTS) is 1. The van der Waals surface area contributed by atoms with Gasteiger partial charge in [-0.1, -0.05) is 0 Å². The summed E-state index contributed by atoms with van der Waals surface area (Å²) in [5.41, 5.74) is -1.06. The first-order valence-electron chi connectivity index (χ1n) is 6.40. The molecule has 0 aliphatic heterocycles. The van der Waals surface area contributed by atoms with Crippen molar-refractivity contribution in [2.24, 2.45) is 0 Å². The number of carbonyl (C=O) groups is 2. The van der Waals surface area contributed by atoms with Gasteiger partial charge in [0.15, 0.2) is 0 Å². The fourth-order valence-corrected chi connectivity index (χ4v) is 1.38. The van der Waals surface area contributed by atoms with Crippen LogP contribution in [0.4, 0.5) is 0 Å². The first-order valence-corrected chi connectivity index (χ1v) is 6.40. The van der Waals surface area contributed by atoms with Gasteiger partial charge in [0.1, 0.15) is 11.7 Å². The van der Waals surface area contributed by atoms with Crippen molar-refractivity contribution >= 4 is 11.9 Å². The molecule has 0 aromatic rings. The van der Waals surface area contributed by atoms with Crippen LogP contribution in [-0.2, 0) is 24.1 Å². The van der Waals surface area contributed by atoms with Gasteiger partial charge in [-0.2, -0.15) is 0 Å². The Labute approximate surface area is 119 Å². The summed E-state index contributed by atoms with van der Waals surface area (Å²) >= 11 is 0. The largest absolute Gasteiger partial charge is 0.478 e. The van der Waals surface area contributed by atoms with E-state index in [1.54, 1.807) is 6.92 Å². The smallest absolute Gasteiger partial charge is 0.331 e. The first-order chi connectivity index (χ1) is 8.91. The molecule has 0 aliphatic carbocycles. The zero-order valence-electron chi connectivity index (χ0n) is 12.9. The molecule has 1 unspecified atom stereocenters. The van der Waals surface area contributed by atoms with Gasteiger partial charge < -0.3 is 9.84 Å². The second kappa shape index (κ2) is 7.40. The monoisotopic (exact) mass is 288 g/mol. The average molecular weight is 288 g/mol. The van der Waals surface area contributed by atoms with Crippen molar-refractivity contribution in [3.8, 4) is 0 Å². The molecule has 0 fully saturated rings. The molecule has 0 aromatic heterocycles. The van der Waals surface area contributed by atoms with Crippen molar-refractivity contribution in [1.29, 1.82) is 0 Å². The van der Waals surface area contributed by atoms with Gasteiger partial charge >= 0.3 is 11.9 Å². The van der Waals surface area contributed by atoms with Crippen LogP contribution in [0.3, 0.4) is 0 Å². The molecule has 0 rings (SSSR count). The molecule has 1 atom stereocenters. The molecule has 0 amide bonds. The molecule has 0 spiro atoms. The van der Waals surface area contributed by atoms with Crippen LogP contribution < -0.4 is 0 Å². The van der Waals surface area contributed by atoms with Gasteiger partial charge in [0.05, 0.1) is 5.60 Å². The summed E-state index contributed by atoms with van der Waals surface area (Å²) in [7, 11) is 0. The molecular weight excluding hydrogens is 264 g/mol. The summed E-state index contributed by atoms with van der Waals surface area (Å²) in [6, 6.07) is 0. The van der Waals surface area contributed by atoms with E-state index < -0.39 is 29.2 Å². The van der Waals surface area contributed by atoms with Crippen molar-refractivity contribution in [3.05, 3.63) is 12.2 Å². The van der Waals surface area contributed by atoms with Crippen LogP contribution in [-0.4, -0.2) is 34.4 Å². The van der Waals surface area contributed by atoms with Gasteiger partial charge in [-0.25, -0.2) is 19.4 Å². The van der Waals surface area contributed by atoms with E-state index in [2.05, 4.69) is 0 Å². The third kappa shape index (κ3) is 10.5. The molecule has 0 radical (unpaired) electrons. The van der Waals surface area contributed by atoms with Gasteiger partial charge in [0.2, 0.25) is 0 Å². The molecule has 6 nitrogen and oxygen atoms in total. The van der Waals surface area contributed by atoms with E-state index in [1.807, 2.05) is 34.6 Å². The van der Waals surface area contributed by atoms with Crippen LogP contribution >= 0.6 is 0 Å². The zero-order valence-corrected chi connectivity index (χ0v) is 12.9. The van der Waals surface area contributed by atoms with Crippen LogP contribution in [0.2, 0.25) is 0 Å². The summed E-state index contributed by atoms with van der Waals surface area (Å²) in [4.78, 5) is 32.2. The predicted octanol–water partition coefficient (Wildman–Crippen LogP) is 2.47. The molecule has 116 valence electrons. The van der Waals surface area contributed by atoms with E-state index in [9.17, 15) is 9.59 Å². The molecule has 0 bridgehead atoms. The Morgan fingerprint density at radius 2 is 1.65 bits per heavy atom. The number of rotatable bonds is 7. The molecule has 0 saturated carbocycles. The van der Waals surface area contributed by atoms with Gasteiger partial charge in [0, 0.05) is 18.6 Å². The number of aliphatic carboxylic acids is 1. The van der Waals surface area contributed by atoms with E-state index in [4.69, 9.17) is 19.6 Å². The zero-order chi connectivity index (χ0) is 16.0. The topological polar surface area (TPSA) is 82.1 Å². The SMILES string of the molecule is CC(CC(C)(C)OOC(C)(C)C)OC(=O)C=CC(=O)O. The Morgan fingerprint density at radius 3 is 2.10 bits per heavy atom. The van der Waals surface area contributed by atoms with Crippen molar-refractivity contribution in [3.63, 3.8) is 0 Å². The molecule has 0 aliphatic rings. The normalized spacial score (nSPS) is 14.3. The number of carboxylic acids is 1. The second-order valence-electron chi connectivity index (χ2n) is 6.16. The number of ether oxygens (including phenoxy) is 1. The van der Waals surface area contributed by atoms with Crippen LogP contribution in [0.25, 0.3) is 0 Å². The summed E-state index contributed by atoms with van der Waals surface area (Å²) < 4.78 is 5.04. The standard InChI is InChI=1S/C14H24O6/c1-10(18-12(17)8-7-11(15)16)9-14(5,6)20-19-13(2,3)4/h7-8,10H,9H2,1-6H3,(H,15,16). The summed E-state index contributed by atoms with van der Waals surface area (Å²) in [6.07, 6.45) is 1.59. The Hall–Kier alpha value is -1.40. The maximum atomic E-state index is 11.3. The highest BCUT2D eigenvalue weighted by Gasteiger charge is 2.27. The lowest BCUT2D eigenvalue weighted by atomic mass is 10.0. The predicted molar refractivity (Wildman–Crippen MR) is 72.9 cm³/mol. The minimum absolute atomic E-state index is 0.412. The molecule has 0 saturated heterocycles. The highest BCUT2D eigenvalue weighted by Crippen LogP contribution is 2.22. The first kappa shape index (κ1) is 18.6. The van der Waals surface area contributed by atoms with Crippen molar-refractivity contribution in [2.45, 2.75) is 65.3 Å². The fraction of sp³-hybridized carbons (Fsp3) is 0.714. The molecule has 6 heteroatoms. The van der Waals surface area contributed by atoms with Crippen molar-refractivity contribution in [1.82, 2.24) is 0 Å². The van der Waals surface area contributed by atoms with E-state index >= 15 is 0 Å². The third-order valence-corrected chi connectivity index (χ3v) is 1.98. The number of hydrogen-bond donors (Lipinski definition) is 1. The van der Waals surface area contributed by atoms with Gasteiger partial charge in [-0.15, -0.1) is 0 Å². The molecule has 1 N–H and O–H groups in total. The molecule has 0 aromatic carbocycles. The highest BCUT2D eigenvalue weighted by atomic mass is 17.2. The van der Waals surface area contributed by atoms with Crippen LogP contribution in [0, 0.1) is 0 Å². The van der Waals surface area contributed by atoms with E-state index in [0.29, 0.717) is 6.42 Å². The quantitative estimate of drug-likeness (QED) is 0.335. The van der Waals surface area contributed by atoms with Crippen LogP contribution in [0.5, 0.6) is 0 Å². The number of hydrogen-bond acceptors (Lipinski definition) is 5. The lowest BCUT2D eigenvalue weighted by Crippen LogP contribution is -2.34. The van der Waals surface area contributed by atoms with E-state index in [1.165, 1.54) is 0 Å². The maximum Gasteiger partial charge on any atom is 0.331 e. The lowest BCUT2D eigenvalue weighted by Gasteiger charge is -2.30. The Balaban J connectivity index is 4.27. The van der Waals surface area contributed by atoms with Crippen molar-refractivity contribution < 1.29 is 29.2 Å². The molecule has 0 heterocycles. The van der Waals surface area contributed by atoms with Gasteiger partial charge in [-0.3, -0.25) is 0 Å². The minimum atomic E-state index is -1.20. The summed E-state index contributed by atoms with van der Waals surface area (Å²) in [5.74, 6) is -1.90. The maximum absolute atomic E-state index is 11.3. The molecule has 20 heavy (non-hydrogen) atoms. The summed E-state index contributed by atoms with van der Waals surface area (Å²) in [5, 5.41) is 8.40. The van der Waals surface area contributed by atoms with E-state index in [-0.39, 0.29) is 0 Å². The Kier molecular flexibility index (Phi) is 6.88. The summed E-state index contributed by atoms with van der Waals surface area (Å²) in [6.45, 7) is 10.9. The lowest BCUT2D eigenvalue weighted by molar-refractivity contribution is -0.399. The Morgan fingerprint density at radius 1 is 1.10 bits per heavy atom. The van der Waals surface area contributed by atoms with Crippen molar-refractivity contribution in [2.75, 3.05) is 0 Å². The number of carbonyl (C=O) groups excluding carboxylic acids is 1. The Bertz CT molecular complexity index is 364. The fourth-order valence-electron chi connectivity index (χ4n) is 1.38. The minimum Gasteiger partial charge on any atom is -0.478 e.